The molecule has 11 rings (SSSR count). The van der Waals surface area contributed by atoms with Gasteiger partial charge in [-0.1, -0.05) is 151 Å². The van der Waals surface area contributed by atoms with Gasteiger partial charge >= 0.3 is 0 Å². The van der Waals surface area contributed by atoms with Crippen molar-refractivity contribution in [2.24, 2.45) is 0 Å². The zero-order valence-corrected chi connectivity index (χ0v) is 29.2. The quantitative estimate of drug-likeness (QED) is 0.170. The molecular formula is C51H33NO. The summed E-state index contributed by atoms with van der Waals surface area (Å²) in [5.74, 6) is 0. The molecule has 53 heavy (non-hydrogen) atoms. The molecule has 2 heteroatoms. The topological polar surface area (TPSA) is 18.1 Å². The van der Waals surface area contributed by atoms with E-state index in [1.807, 2.05) is 12.1 Å². The Balaban J connectivity index is 1.07. The number of hydrogen-bond acceptors (Lipinski definition) is 1. The lowest BCUT2D eigenvalue weighted by atomic mass is 9.86. The molecule has 0 amide bonds. The molecule has 0 atom stereocenters. The molecule has 248 valence electrons. The van der Waals surface area contributed by atoms with Crippen LogP contribution in [0.4, 0.5) is 0 Å². The first-order chi connectivity index (χ1) is 26.2. The minimum atomic E-state index is 0.916. The lowest BCUT2D eigenvalue weighted by Gasteiger charge is -2.18. The zero-order chi connectivity index (χ0) is 35.0. The number of furan rings is 1. The minimum absolute atomic E-state index is 0.916. The van der Waals surface area contributed by atoms with Gasteiger partial charge in [-0.25, -0.2) is 0 Å². The van der Waals surface area contributed by atoms with Crippen LogP contribution >= 0.6 is 0 Å². The number of fused-ring (bicyclic) bond motifs is 8. The summed E-state index contributed by atoms with van der Waals surface area (Å²) in [5.41, 5.74) is 13.9. The third kappa shape index (κ3) is 4.52. The molecule has 0 bridgehead atoms. The van der Waals surface area contributed by atoms with E-state index < -0.39 is 0 Å². The van der Waals surface area contributed by atoms with Crippen LogP contribution < -0.4 is 0 Å². The fraction of sp³-hybridized carbons (Fsp3) is 0.0196. The zero-order valence-electron chi connectivity index (χ0n) is 29.2. The molecule has 0 N–H and O–H groups in total. The largest absolute Gasteiger partial charge is 0.455 e. The van der Waals surface area contributed by atoms with Gasteiger partial charge in [0.05, 0.1) is 11.0 Å². The summed E-state index contributed by atoms with van der Waals surface area (Å²) in [6.07, 6.45) is 0. The molecule has 9 aromatic carbocycles. The number of hydrogen-bond donors (Lipinski definition) is 0. The van der Waals surface area contributed by atoms with Crippen LogP contribution in [-0.2, 0) is 0 Å². The molecule has 0 aliphatic carbocycles. The summed E-state index contributed by atoms with van der Waals surface area (Å²) in [7, 11) is 0. The maximum absolute atomic E-state index is 6.44. The Bertz CT molecular complexity index is 3160. The van der Waals surface area contributed by atoms with E-state index in [0.717, 1.165) is 38.8 Å². The fourth-order valence-electron chi connectivity index (χ4n) is 8.64. The van der Waals surface area contributed by atoms with Crippen molar-refractivity contribution in [1.82, 2.24) is 4.57 Å². The van der Waals surface area contributed by atoms with E-state index in [1.54, 1.807) is 0 Å². The Labute approximate surface area is 306 Å². The molecule has 0 unspecified atom stereocenters. The first-order valence-electron chi connectivity index (χ1n) is 18.3. The SMILES string of the molecule is Cc1ccc(-c2c3ccccc3c(-c3ccc(-n4c5ccccc5c5cc(-c6cccc7c6oc6ccccc67)ccc54)cc3)c3ccccc23)cc1. The third-order valence-electron chi connectivity index (χ3n) is 11.1. The molecule has 2 heterocycles. The highest BCUT2D eigenvalue weighted by Gasteiger charge is 2.19. The Morgan fingerprint density at radius 3 is 1.55 bits per heavy atom. The van der Waals surface area contributed by atoms with Gasteiger partial charge in [0, 0.05) is 32.8 Å². The van der Waals surface area contributed by atoms with Crippen LogP contribution in [-0.4, -0.2) is 4.57 Å². The van der Waals surface area contributed by atoms with Gasteiger partial charge in [0.15, 0.2) is 0 Å². The van der Waals surface area contributed by atoms with E-state index in [9.17, 15) is 0 Å². The average Bonchev–Trinajstić information content (AvgIpc) is 3.76. The first-order valence-corrected chi connectivity index (χ1v) is 18.3. The molecule has 2 nitrogen and oxygen atoms in total. The Morgan fingerprint density at radius 2 is 0.887 bits per heavy atom. The van der Waals surface area contributed by atoms with Crippen molar-refractivity contribution >= 4 is 65.3 Å². The minimum Gasteiger partial charge on any atom is -0.455 e. The molecule has 0 spiro atoms. The van der Waals surface area contributed by atoms with Gasteiger partial charge in [-0.3, -0.25) is 0 Å². The van der Waals surface area contributed by atoms with Crippen LogP contribution in [0.1, 0.15) is 5.56 Å². The molecule has 2 aromatic heterocycles. The van der Waals surface area contributed by atoms with Crippen LogP contribution in [0.15, 0.2) is 186 Å². The van der Waals surface area contributed by atoms with Gasteiger partial charge in [0.2, 0.25) is 0 Å². The molecule has 0 aliphatic rings. The van der Waals surface area contributed by atoms with Gasteiger partial charge in [-0.05, 0) is 92.7 Å². The smallest absolute Gasteiger partial charge is 0.143 e. The van der Waals surface area contributed by atoms with E-state index in [1.165, 1.54) is 71.2 Å². The fourth-order valence-corrected chi connectivity index (χ4v) is 8.64. The van der Waals surface area contributed by atoms with Gasteiger partial charge < -0.3 is 8.98 Å². The van der Waals surface area contributed by atoms with Crippen LogP contribution in [0.2, 0.25) is 0 Å². The van der Waals surface area contributed by atoms with E-state index in [4.69, 9.17) is 4.42 Å². The average molecular weight is 676 g/mol. The summed E-state index contributed by atoms with van der Waals surface area (Å²) in [6.45, 7) is 2.15. The van der Waals surface area contributed by atoms with E-state index in [2.05, 4.69) is 181 Å². The number of rotatable bonds is 4. The summed E-state index contributed by atoms with van der Waals surface area (Å²) in [6, 6.07) is 66.2. The molecule has 11 aromatic rings. The van der Waals surface area contributed by atoms with Crippen molar-refractivity contribution in [3.8, 4) is 39.1 Å². The van der Waals surface area contributed by atoms with Crippen LogP contribution in [0.3, 0.4) is 0 Å². The summed E-state index contributed by atoms with van der Waals surface area (Å²) in [4.78, 5) is 0. The second kappa shape index (κ2) is 11.6. The van der Waals surface area contributed by atoms with Crippen molar-refractivity contribution in [2.75, 3.05) is 0 Å². The number of para-hydroxylation sites is 3. The van der Waals surface area contributed by atoms with Crippen LogP contribution in [0, 0.1) is 6.92 Å². The number of nitrogens with zero attached hydrogens (tertiary/aromatic N) is 1. The predicted molar refractivity (Wildman–Crippen MR) is 224 cm³/mol. The lowest BCUT2D eigenvalue weighted by molar-refractivity contribution is 0.670. The number of aryl methyl sites for hydroxylation is 1. The monoisotopic (exact) mass is 675 g/mol. The standard InChI is InChI=1S/C51H33NO/c1-32-21-23-33(24-22-32)49-40-13-2-4-15-42(40)50(43-16-5-3-14-41(43)49)34-25-28-36(29-26-34)52-46-19-8-6-11-38(46)45-31-35(27-30-47(45)52)37-17-10-18-44-39-12-7-9-20-48(39)53-51(37)44/h2-31H,1H3. The van der Waals surface area contributed by atoms with Gasteiger partial charge in [-0.2, -0.15) is 0 Å². The lowest BCUT2D eigenvalue weighted by Crippen LogP contribution is -1.94. The second-order valence-corrected chi connectivity index (χ2v) is 14.1. The summed E-state index contributed by atoms with van der Waals surface area (Å²) >= 11 is 0. The van der Waals surface area contributed by atoms with Gasteiger partial charge in [0.1, 0.15) is 11.2 Å². The first kappa shape index (κ1) is 29.8. The Kier molecular flexibility index (Phi) is 6.50. The van der Waals surface area contributed by atoms with Crippen molar-refractivity contribution in [3.63, 3.8) is 0 Å². The Hall–Kier alpha value is -6.90. The van der Waals surface area contributed by atoms with E-state index in [-0.39, 0.29) is 0 Å². The third-order valence-corrected chi connectivity index (χ3v) is 11.1. The molecule has 0 radical (unpaired) electrons. The highest BCUT2D eigenvalue weighted by molar-refractivity contribution is 6.21. The number of aromatic nitrogens is 1. The van der Waals surface area contributed by atoms with Gasteiger partial charge in [-0.15, -0.1) is 0 Å². The Morgan fingerprint density at radius 1 is 0.377 bits per heavy atom. The van der Waals surface area contributed by atoms with Gasteiger partial charge in [0.25, 0.3) is 0 Å². The van der Waals surface area contributed by atoms with Crippen molar-refractivity contribution in [2.45, 2.75) is 6.92 Å². The van der Waals surface area contributed by atoms with E-state index >= 15 is 0 Å². The molecule has 0 saturated heterocycles. The van der Waals surface area contributed by atoms with Crippen molar-refractivity contribution in [3.05, 3.63) is 188 Å². The van der Waals surface area contributed by atoms with Crippen molar-refractivity contribution < 1.29 is 4.42 Å². The maximum Gasteiger partial charge on any atom is 0.143 e. The van der Waals surface area contributed by atoms with E-state index in [0.29, 0.717) is 0 Å². The van der Waals surface area contributed by atoms with Crippen LogP contribution in [0.25, 0.3) is 104 Å². The molecule has 0 fully saturated rings. The normalized spacial score (nSPS) is 11.9. The highest BCUT2D eigenvalue weighted by Crippen LogP contribution is 2.44. The number of benzene rings is 9. The second-order valence-electron chi connectivity index (χ2n) is 14.1. The predicted octanol–water partition coefficient (Wildman–Crippen LogP) is 14.3. The highest BCUT2D eigenvalue weighted by atomic mass is 16.3. The van der Waals surface area contributed by atoms with Crippen molar-refractivity contribution in [1.29, 1.82) is 0 Å². The molecule has 0 aliphatic heterocycles. The molecule has 0 saturated carbocycles. The van der Waals surface area contributed by atoms with Crippen LogP contribution in [0.5, 0.6) is 0 Å². The molecular weight excluding hydrogens is 643 g/mol. The summed E-state index contributed by atoms with van der Waals surface area (Å²) < 4.78 is 8.84. The summed E-state index contributed by atoms with van der Waals surface area (Å²) in [5, 5.41) is 9.81. The maximum atomic E-state index is 6.44.